The highest BCUT2D eigenvalue weighted by molar-refractivity contribution is 9.11. The molecule has 0 unspecified atom stereocenters. The van der Waals surface area contributed by atoms with Crippen molar-refractivity contribution in [2.45, 2.75) is 12.2 Å². The molecule has 0 radical (unpaired) electrons. The van der Waals surface area contributed by atoms with Gasteiger partial charge in [-0.25, -0.2) is 0 Å². The molecule has 1 aliphatic rings. The van der Waals surface area contributed by atoms with E-state index in [1.54, 1.807) is 0 Å². The highest BCUT2D eigenvalue weighted by atomic mass is 79.9. The average Bonchev–Trinajstić information content (AvgIpc) is 2.35. The summed E-state index contributed by atoms with van der Waals surface area (Å²) in [6, 6.07) is 1.03. The number of nitrogens with zero attached hydrogens (tertiary/aromatic N) is 1. The number of nitrogens with one attached hydrogen (secondary N) is 1. The van der Waals surface area contributed by atoms with Gasteiger partial charge in [0.25, 0.3) is 0 Å². The molecule has 0 amide bonds. The summed E-state index contributed by atoms with van der Waals surface area (Å²) in [5.74, 6) is -0.367. The Balaban J connectivity index is 2.46. The molecule has 1 aromatic carbocycles. The van der Waals surface area contributed by atoms with E-state index in [9.17, 15) is 18.3 Å². The normalized spacial score (nSPS) is 19.1. The lowest BCUT2D eigenvalue weighted by Crippen LogP contribution is -2.49. The number of halogens is 5. The first-order valence-electron chi connectivity index (χ1n) is 6.00. The molecule has 1 atom stereocenters. The van der Waals surface area contributed by atoms with Crippen LogP contribution in [0.15, 0.2) is 21.1 Å². The molecule has 0 aromatic heterocycles. The van der Waals surface area contributed by atoms with Crippen LogP contribution in [-0.4, -0.2) is 42.4 Å². The van der Waals surface area contributed by atoms with E-state index >= 15 is 0 Å². The minimum atomic E-state index is -4.45. The van der Waals surface area contributed by atoms with Crippen molar-refractivity contribution >= 4 is 31.9 Å². The van der Waals surface area contributed by atoms with Crippen molar-refractivity contribution in [2.75, 3.05) is 26.2 Å². The van der Waals surface area contributed by atoms with Gasteiger partial charge in [0, 0.05) is 36.2 Å². The van der Waals surface area contributed by atoms with Crippen LogP contribution < -0.4 is 5.32 Å². The van der Waals surface area contributed by atoms with Gasteiger partial charge in [0.15, 0.2) is 0 Å². The Hall–Kier alpha value is -0.310. The van der Waals surface area contributed by atoms with Crippen molar-refractivity contribution in [1.29, 1.82) is 0 Å². The highest BCUT2D eigenvalue weighted by Crippen LogP contribution is 2.44. The molecule has 20 heavy (non-hydrogen) atoms. The van der Waals surface area contributed by atoms with Crippen molar-refractivity contribution < 1.29 is 18.3 Å². The zero-order valence-electron chi connectivity index (χ0n) is 10.3. The van der Waals surface area contributed by atoms with Gasteiger partial charge in [-0.15, -0.1) is 0 Å². The zero-order valence-corrected chi connectivity index (χ0v) is 13.5. The molecule has 1 saturated heterocycles. The SMILES string of the molecule is Oc1c(Br)cc(Br)cc1[C@@H](N1CCNCC1)C(F)(F)F. The van der Waals surface area contributed by atoms with E-state index in [0.717, 1.165) is 0 Å². The van der Waals surface area contributed by atoms with E-state index in [1.807, 2.05) is 0 Å². The topological polar surface area (TPSA) is 35.5 Å². The molecular formula is C12H13Br2F3N2O. The highest BCUT2D eigenvalue weighted by Gasteiger charge is 2.46. The fraction of sp³-hybridized carbons (Fsp3) is 0.500. The molecule has 0 saturated carbocycles. The van der Waals surface area contributed by atoms with Gasteiger partial charge in [0.2, 0.25) is 0 Å². The Labute approximate surface area is 131 Å². The summed E-state index contributed by atoms with van der Waals surface area (Å²) < 4.78 is 41.0. The van der Waals surface area contributed by atoms with Crippen molar-refractivity contribution in [3.63, 3.8) is 0 Å². The smallest absolute Gasteiger partial charge is 0.408 e. The van der Waals surface area contributed by atoms with Gasteiger partial charge < -0.3 is 10.4 Å². The third-order valence-electron chi connectivity index (χ3n) is 3.18. The second kappa shape index (κ2) is 6.21. The fourth-order valence-corrected chi connectivity index (χ4v) is 3.57. The van der Waals surface area contributed by atoms with Crippen LogP contribution in [0.3, 0.4) is 0 Å². The number of hydrogen-bond donors (Lipinski definition) is 2. The lowest BCUT2D eigenvalue weighted by atomic mass is 10.0. The van der Waals surface area contributed by atoms with Gasteiger partial charge in [-0.1, -0.05) is 15.9 Å². The maximum atomic E-state index is 13.4. The maximum absolute atomic E-state index is 13.4. The van der Waals surface area contributed by atoms with E-state index in [-0.39, 0.29) is 28.9 Å². The molecular weight excluding hydrogens is 405 g/mol. The molecule has 1 fully saturated rings. The first-order chi connectivity index (χ1) is 9.30. The van der Waals surface area contributed by atoms with Crippen LogP contribution in [0.5, 0.6) is 5.75 Å². The average molecular weight is 418 g/mol. The van der Waals surface area contributed by atoms with Crippen LogP contribution in [0.2, 0.25) is 0 Å². The molecule has 1 aromatic rings. The van der Waals surface area contributed by atoms with Gasteiger partial charge in [-0.05, 0) is 28.1 Å². The Kier molecular flexibility index (Phi) is 4.99. The number of piperazine rings is 1. The summed E-state index contributed by atoms with van der Waals surface area (Å²) in [6.07, 6.45) is -4.45. The molecule has 1 aliphatic heterocycles. The Morgan fingerprint density at radius 2 is 1.80 bits per heavy atom. The quantitative estimate of drug-likeness (QED) is 0.773. The van der Waals surface area contributed by atoms with Gasteiger partial charge in [-0.2, -0.15) is 13.2 Å². The second-order valence-corrected chi connectivity index (χ2v) is 6.33. The molecule has 2 rings (SSSR count). The number of alkyl halides is 3. The van der Waals surface area contributed by atoms with Crippen molar-refractivity contribution in [2.24, 2.45) is 0 Å². The molecule has 112 valence electrons. The third kappa shape index (κ3) is 3.47. The van der Waals surface area contributed by atoms with E-state index in [0.29, 0.717) is 17.6 Å². The standard InChI is InChI=1S/C12H13Br2F3N2O/c13-7-5-8(10(20)9(14)6-7)11(12(15,16)17)19-3-1-18-2-4-19/h5-6,11,18,20H,1-4H2/t11-/m1/s1. The summed E-state index contributed by atoms with van der Waals surface area (Å²) in [6.45, 7) is 1.58. The summed E-state index contributed by atoms with van der Waals surface area (Å²) in [7, 11) is 0. The zero-order chi connectivity index (χ0) is 14.9. The number of phenolic OH excluding ortho intramolecular Hbond substituents is 1. The Bertz CT molecular complexity index is 490. The van der Waals surface area contributed by atoms with Gasteiger partial charge in [0.05, 0.1) is 4.47 Å². The molecule has 2 N–H and O–H groups in total. The molecule has 0 aliphatic carbocycles. The van der Waals surface area contributed by atoms with E-state index < -0.39 is 12.2 Å². The van der Waals surface area contributed by atoms with E-state index in [4.69, 9.17) is 0 Å². The van der Waals surface area contributed by atoms with Crippen LogP contribution in [0.4, 0.5) is 13.2 Å². The van der Waals surface area contributed by atoms with Crippen molar-refractivity contribution in [3.8, 4) is 5.75 Å². The monoisotopic (exact) mass is 416 g/mol. The molecule has 8 heteroatoms. The Morgan fingerprint density at radius 1 is 1.20 bits per heavy atom. The van der Waals surface area contributed by atoms with Crippen LogP contribution in [-0.2, 0) is 0 Å². The third-order valence-corrected chi connectivity index (χ3v) is 4.24. The van der Waals surface area contributed by atoms with Crippen LogP contribution in [0.25, 0.3) is 0 Å². The van der Waals surface area contributed by atoms with Crippen LogP contribution in [0, 0.1) is 0 Å². The minimum absolute atomic E-state index is 0.138. The minimum Gasteiger partial charge on any atom is -0.506 e. The number of rotatable bonds is 2. The first-order valence-corrected chi connectivity index (χ1v) is 7.58. The fourth-order valence-electron chi connectivity index (χ4n) is 2.31. The number of phenols is 1. The summed E-state index contributed by atoms with van der Waals surface area (Å²) in [4.78, 5) is 1.34. The lowest BCUT2D eigenvalue weighted by molar-refractivity contribution is -0.188. The molecule has 3 nitrogen and oxygen atoms in total. The van der Waals surface area contributed by atoms with E-state index in [2.05, 4.69) is 37.2 Å². The summed E-state index contributed by atoms with van der Waals surface area (Å²) in [5.41, 5.74) is -0.138. The van der Waals surface area contributed by atoms with Crippen molar-refractivity contribution in [1.82, 2.24) is 10.2 Å². The number of benzene rings is 1. The predicted molar refractivity (Wildman–Crippen MR) is 76.7 cm³/mol. The van der Waals surface area contributed by atoms with Gasteiger partial charge in [-0.3, -0.25) is 4.90 Å². The lowest BCUT2D eigenvalue weighted by Gasteiger charge is -2.36. The van der Waals surface area contributed by atoms with Crippen LogP contribution in [0.1, 0.15) is 11.6 Å². The predicted octanol–water partition coefficient (Wildman–Crippen LogP) is 3.43. The molecule has 0 bridgehead atoms. The van der Waals surface area contributed by atoms with Gasteiger partial charge in [0.1, 0.15) is 11.8 Å². The van der Waals surface area contributed by atoms with Crippen molar-refractivity contribution in [3.05, 3.63) is 26.6 Å². The number of aromatic hydroxyl groups is 1. The molecule has 1 heterocycles. The van der Waals surface area contributed by atoms with Gasteiger partial charge >= 0.3 is 6.18 Å². The Morgan fingerprint density at radius 3 is 2.35 bits per heavy atom. The first kappa shape index (κ1) is 16.1. The second-order valence-electron chi connectivity index (χ2n) is 4.56. The largest absolute Gasteiger partial charge is 0.506 e. The summed E-state index contributed by atoms with van der Waals surface area (Å²) >= 11 is 6.24. The number of hydrogen-bond acceptors (Lipinski definition) is 3. The summed E-state index contributed by atoms with van der Waals surface area (Å²) in [5, 5.41) is 13.0. The van der Waals surface area contributed by atoms with Crippen LogP contribution >= 0.6 is 31.9 Å². The maximum Gasteiger partial charge on any atom is 0.408 e. The van der Waals surface area contributed by atoms with E-state index in [1.165, 1.54) is 17.0 Å². The molecule has 0 spiro atoms.